The number of aromatic amines is 2. The maximum atomic E-state index is 12.0. The Kier molecular flexibility index (Phi) is 3.18. The highest BCUT2D eigenvalue weighted by molar-refractivity contribution is 7.71. The van der Waals surface area contributed by atoms with Crippen LogP contribution in [-0.4, -0.2) is 60.0 Å². The Labute approximate surface area is 116 Å². The maximum absolute atomic E-state index is 12.0. The van der Waals surface area contributed by atoms with E-state index in [0.29, 0.717) is 5.39 Å². The van der Waals surface area contributed by atoms with Crippen LogP contribution in [0.4, 0.5) is 0 Å². The normalized spacial score (nSPS) is 30.1. The second-order valence-electron chi connectivity index (χ2n) is 4.49. The molecule has 5 N–H and O–H groups in total. The van der Waals surface area contributed by atoms with Crippen molar-refractivity contribution < 1.29 is 20.1 Å². The molecule has 4 atom stereocenters. The van der Waals surface area contributed by atoms with Crippen molar-refractivity contribution in [2.45, 2.75) is 24.5 Å². The lowest BCUT2D eigenvalue weighted by molar-refractivity contribution is -0.0530. The zero-order valence-corrected chi connectivity index (χ0v) is 10.9. The topological polar surface area (TPSA) is 136 Å². The Bertz CT molecular complexity index is 752. The third-order valence-electron chi connectivity index (χ3n) is 3.32. The number of aliphatic hydroxyl groups excluding tert-OH is 3. The molecular formula is C10H12N4O5S. The molecule has 2 aromatic heterocycles. The van der Waals surface area contributed by atoms with Crippen LogP contribution in [0.3, 0.4) is 0 Å². The van der Waals surface area contributed by atoms with Gasteiger partial charge in [0.2, 0.25) is 0 Å². The maximum Gasteiger partial charge on any atom is 0.330 e. The lowest BCUT2D eigenvalue weighted by Gasteiger charge is -2.17. The number of hydrogen-bond acceptors (Lipinski definition) is 7. The Morgan fingerprint density at radius 1 is 1.45 bits per heavy atom. The van der Waals surface area contributed by atoms with E-state index in [9.17, 15) is 15.0 Å². The Morgan fingerprint density at radius 2 is 2.20 bits per heavy atom. The van der Waals surface area contributed by atoms with Crippen molar-refractivity contribution in [2.75, 3.05) is 6.61 Å². The van der Waals surface area contributed by atoms with Crippen molar-refractivity contribution in [3.8, 4) is 0 Å². The highest BCUT2D eigenvalue weighted by Gasteiger charge is 2.44. The van der Waals surface area contributed by atoms with E-state index in [2.05, 4.69) is 15.2 Å². The van der Waals surface area contributed by atoms with Crippen LogP contribution in [0, 0.1) is 4.64 Å². The number of ether oxygens (including phenoxy) is 1. The van der Waals surface area contributed by atoms with Crippen molar-refractivity contribution >= 4 is 23.3 Å². The molecule has 0 amide bonds. The molecule has 1 fully saturated rings. The standard InChI is InChI=1S/C10H12N4O5S/c15-2-4-5(16)6(17)9(19-4)14-7-3(1-11-13-7)8(20)12-10(14)18/h1,4-6,9,15-17H,2H2,(H,11,13)(H,12,18,20)/t4-,5-,6-,9-/m1/s1. The average molecular weight is 300 g/mol. The quantitative estimate of drug-likeness (QED) is 0.421. The Hall–Kier alpha value is -1.59. The fourth-order valence-corrected chi connectivity index (χ4v) is 2.53. The zero-order chi connectivity index (χ0) is 14.4. The molecule has 3 rings (SSSR count). The first-order valence-corrected chi connectivity index (χ1v) is 6.25. The molecule has 0 aliphatic carbocycles. The van der Waals surface area contributed by atoms with Gasteiger partial charge < -0.3 is 20.1 Å². The number of nitrogens with zero attached hydrogens (tertiary/aromatic N) is 2. The molecule has 20 heavy (non-hydrogen) atoms. The third kappa shape index (κ3) is 1.81. The van der Waals surface area contributed by atoms with Crippen molar-refractivity contribution in [1.82, 2.24) is 19.7 Å². The molecule has 0 bridgehead atoms. The second kappa shape index (κ2) is 4.75. The minimum Gasteiger partial charge on any atom is -0.394 e. The van der Waals surface area contributed by atoms with Crippen LogP contribution in [-0.2, 0) is 4.74 Å². The van der Waals surface area contributed by atoms with Gasteiger partial charge >= 0.3 is 5.69 Å². The highest BCUT2D eigenvalue weighted by Crippen LogP contribution is 2.29. The first-order valence-electron chi connectivity index (χ1n) is 5.85. The van der Waals surface area contributed by atoms with Crippen molar-refractivity contribution in [1.29, 1.82) is 0 Å². The van der Waals surface area contributed by atoms with Crippen LogP contribution in [0.25, 0.3) is 11.0 Å². The fourth-order valence-electron chi connectivity index (χ4n) is 2.29. The predicted molar refractivity (Wildman–Crippen MR) is 68.5 cm³/mol. The molecule has 1 saturated heterocycles. The summed E-state index contributed by atoms with van der Waals surface area (Å²) in [5, 5.41) is 35.7. The molecule has 2 aromatic rings. The van der Waals surface area contributed by atoms with Crippen LogP contribution < -0.4 is 5.69 Å². The molecule has 1 aliphatic heterocycles. The molecule has 3 heterocycles. The summed E-state index contributed by atoms with van der Waals surface area (Å²) in [7, 11) is 0. The summed E-state index contributed by atoms with van der Waals surface area (Å²) in [6.45, 7) is -0.474. The molecule has 10 heteroatoms. The van der Waals surface area contributed by atoms with Gasteiger partial charge in [-0.15, -0.1) is 0 Å². The fraction of sp³-hybridized carbons (Fsp3) is 0.500. The predicted octanol–water partition coefficient (Wildman–Crippen LogP) is -1.61. The number of H-pyrrole nitrogens is 2. The van der Waals surface area contributed by atoms with E-state index >= 15 is 0 Å². The number of rotatable bonds is 2. The average Bonchev–Trinajstić information content (AvgIpc) is 2.99. The van der Waals surface area contributed by atoms with Crippen LogP contribution >= 0.6 is 12.2 Å². The monoisotopic (exact) mass is 300 g/mol. The van der Waals surface area contributed by atoms with Gasteiger partial charge in [-0.2, -0.15) is 5.10 Å². The van der Waals surface area contributed by atoms with Gasteiger partial charge in [0.1, 0.15) is 28.6 Å². The number of aromatic nitrogens is 4. The Balaban J connectivity index is 2.18. The molecule has 9 nitrogen and oxygen atoms in total. The number of fused-ring (bicyclic) bond motifs is 1. The van der Waals surface area contributed by atoms with Gasteiger partial charge in [-0.05, 0) is 0 Å². The van der Waals surface area contributed by atoms with E-state index in [4.69, 9.17) is 22.1 Å². The summed E-state index contributed by atoms with van der Waals surface area (Å²) in [6, 6.07) is 0. The van der Waals surface area contributed by atoms with Crippen LogP contribution in [0.1, 0.15) is 6.23 Å². The summed E-state index contributed by atoms with van der Waals surface area (Å²) in [5.41, 5.74) is -0.338. The molecule has 0 aromatic carbocycles. The first kappa shape index (κ1) is 13.4. The summed E-state index contributed by atoms with van der Waals surface area (Å²) in [6.07, 6.45) is -3.34. The smallest absolute Gasteiger partial charge is 0.330 e. The van der Waals surface area contributed by atoms with E-state index < -0.39 is 36.8 Å². The molecule has 0 radical (unpaired) electrons. The van der Waals surface area contributed by atoms with Gasteiger partial charge in [-0.3, -0.25) is 10.1 Å². The number of aliphatic hydroxyl groups is 3. The third-order valence-corrected chi connectivity index (χ3v) is 3.64. The lowest BCUT2D eigenvalue weighted by atomic mass is 10.1. The lowest BCUT2D eigenvalue weighted by Crippen LogP contribution is -2.36. The van der Waals surface area contributed by atoms with Gasteiger partial charge in [0.25, 0.3) is 0 Å². The molecule has 1 aliphatic rings. The van der Waals surface area contributed by atoms with Crippen molar-refractivity contribution in [3.05, 3.63) is 21.3 Å². The Morgan fingerprint density at radius 3 is 2.85 bits per heavy atom. The molecule has 108 valence electrons. The van der Waals surface area contributed by atoms with Crippen LogP contribution in [0.15, 0.2) is 11.0 Å². The first-order chi connectivity index (χ1) is 9.54. The van der Waals surface area contributed by atoms with E-state index in [1.54, 1.807) is 0 Å². The molecule has 0 saturated carbocycles. The van der Waals surface area contributed by atoms with Gasteiger partial charge in [0.15, 0.2) is 6.23 Å². The van der Waals surface area contributed by atoms with E-state index in [0.717, 1.165) is 4.57 Å². The van der Waals surface area contributed by atoms with E-state index in [-0.39, 0.29) is 10.3 Å². The van der Waals surface area contributed by atoms with Crippen molar-refractivity contribution in [3.63, 3.8) is 0 Å². The van der Waals surface area contributed by atoms with Crippen LogP contribution in [0.2, 0.25) is 0 Å². The zero-order valence-electron chi connectivity index (χ0n) is 10.1. The second-order valence-corrected chi connectivity index (χ2v) is 4.90. The number of nitrogens with one attached hydrogen (secondary N) is 2. The summed E-state index contributed by atoms with van der Waals surface area (Å²) >= 11 is 5.01. The SMILES string of the molecule is O=c1[nH]c(=S)c2cn[nH]c2n1[C@@H]1O[C@H](CO)[C@@H](O)[C@H]1O. The van der Waals surface area contributed by atoms with Gasteiger partial charge in [-0.25, -0.2) is 9.36 Å². The highest BCUT2D eigenvalue weighted by atomic mass is 32.1. The minimum absolute atomic E-state index is 0.210. The largest absolute Gasteiger partial charge is 0.394 e. The molecule has 0 spiro atoms. The van der Waals surface area contributed by atoms with Gasteiger partial charge in [-0.1, -0.05) is 12.2 Å². The summed E-state index contributed by atoms with van der Waals surface area (Å²) in [5.74, 6) is 0. The van der Waals surface area contributed by atoms with Gasteiger partial charge in [0, 0.05) is 0 Å². The molecular weight excluding hydrogens is 288 g/mol. The summed E-state index contributed by atoms with van der Waals surface area (Å²) < 4.78 is 6.63. The minimum atomic E-state index is -1.36. The van der Waals surface area contributed by atoms with Gasteiger partial charge in [0.05, 0.1) is 18.2 Å². The number of hydrogen-bond donors (Lipinski definition) is 5. The summed E-state index contributed by atoms with van der Waals surface area (Å²) in [4.78, 5) is 14.5. The van der Waals surface area contributed by atoms with Crippen molar-refractivity contribution in [2.24, 2.45) is 0 Å². The van der Waals surface area contributed by atoms with Crippen LogP contribution in [0.5, 0.6) is 0 Å². The molecule has 0 unspecified atom stereocenters. The van der Waals surface area contributed by atoms with E-state index in [1.165, 1.54) is 6.20 Å². The van der Waals surface area contributed by atoms with E-state index in [1.807, 2.05) is 0 Å².